The fourth-order valence-electron chi connectivity index (χ4n) is 10.5. The number of amides is 1. The quantitative estimate of drug-likeness (QED) is 0.144. The summed E-state index contributed by atoms with van der Waals surface area (Å²) in [7, 11) is 0. The lowest BCUT2D eigenvalue weighted by molar-refractivity contribution is -0.346. The van der Waals surface area contributed by atoms with E-state index in [1.54, 1.807) is 52.8 Å². The summed E-state index contributed by atoms with van der Waals surface area (Å²) in [5, 5.41) is 51.9. The number of Topliss-reactive ketones (excluding diaryl/α,β-unsaturated/α-hetero) is 1. The molecule has 0 radical (unpaired) electrons. The summed E-state index contributed by atoms with van der Waals surface area (Å²) >= 11 is 0. The topological polar surface area (TPSA) is 224 Å². The Bertz CT molecular complexity index is 1820. The summed E-state index contributed by atoms with van der Waals surface area (Å²) in [6, 6.07) is 6.82. The first kappa shape index (κ1) is 43.7. The first-order chi connectivity index (χ1) is 27.0. The summed E-state index contributed by atoms with van der Waals surface area (Å²) in [6.45, 7) is 12.0. The van der Waals surface area contributed by atoms with Crippen LogP contribution in [0.25, 0.3) is 0 Å². The minimum atomic E-state index is -2.32. The average Bonchev–Trinajstić information content (AvgIpc) is 3.14. The third kappa shape index (κ3) is 7.35. The van der Waals surface area contributed by atoms with Crippen molar-refractivity contribution in [2.24, 2.45) is 22.7 Å². The van der Waals surface area contributed by atoms with Crippen molar-refractivity contribution < 1.29 is 68.1 Å². The summed E-state index contributed by atoms with van der Waals surface area (Å²) in [5.41, 5.74) is -8.24. The van der Waals surface area contributed by atoms with E-state index in [1.165, 1.54) is 32.9 Å². The number of hydrogen-bond donors (Lipinski definition) is 5. The molecule has 1 heterocycles. The Labute approximate surface area is 338 Å². The van der Waals surface area contributed by atoms with Gasteiger partial charge in [0.2, 0.25) is 0 Å². The van der Waals surface area contributed by atoms with Crippen molar-refractivity contribution in [2.45, 2.75) is 160 Å². The molecule has 15 heteroatoms. The van der Waals surface area contributed by atoms with Gasteiger partial charge in [-0.05, 0) is 76.7 Å². The summed E-state index contributed by atoms with van der Waals surface area (Å²) in [5.74, 6) is -5.49. The van der Waals surface area contributed by atoms with Crippen LogP contribution >= 0.6 is 0 Å². The Morgan fingerprint density at radius 3 is 2.19 bits per heavy atom. The highest BCUT2D eigenvalue weighted by atomic mass is 16.6. The normalized spacial score (nSPS) is 35.7. The van der Waals surface area contributed by atoms with Crippen LogP contribution in [0.1, 0.15) is 111 Å². The van der Waals surface area contributed by atoms with Crippen molar-refractivity contribution in [3.05, 3.63) is 47.0 Å². The number of alkyl carbamates (subject to hydrolysis) is 1. The van der Waals surface area contributed by atoms with Gasteiger partial charge in [-0.3, -0.25) is 9.59 Å². The monoisotopic (exact) mass is 813 g/mol. The lowest BCUT2D eigenvalue weighted by atomic mass is 9.44. The molecule has 11 atom stereocenters. The zero-order valence-electron chi connectivity index (χ0n) is 34.6. The molecule has 0 aromatic heterocycles. The lowest BCUT2D eigenvalue weighted by Gasteiger charge is -2.67. The number of ether oxygens (including phenoxy) is 5. The van der Waals surface area contributed by atoms with E-state index < -0.39 is 112 Å². The molecule has 1 aromatic rings. The third-order valence-corrected chi connectivity index (χ3v) is 13.6. The summed E-state index contributed by atoms with van der Waals surface area (Å²) in [4.78, 5) is 69.1. The van der Waals surface area contributed by atoms with Gasteiger partial charge in [-0.25, -0.2) is 14.4 Å². The first-order valence-electron chi connectivity index (χ1n) is 20.3. The number of fused-ring (bicyclic) bond motifs is 5. The molecule has 1 amide bonds. The van der Waals surface area contributed by atoms with Crippen LogP contribution in [0.3, 0.4) is 0 Å². The van der Waals surface area contributed by atoms with E-state index in [-0.39, 0.29) is 35.7 Å². The van der Waals surface area contributed by atoms with Gasteiger partial charge in [-0.15, -0.1) is 0 Å². The highest BCUT2D eigenvalue weighted by molar-refractivity contribution is 5.94. The number of hydrogen-bond acceptors (Lipinski definition) is 14. The highest BCUT2D eigenvalue weighted by Gasteiger charge is 2.78. The van der Waals surface area contributed by atoms with Crippen molar-refractivity contribution in [2.75, 3.05) is 6.61 Å². The number of rotatable bonds is 8. The van der Waals surface area contributed by atoms with Crippen molar-refractivity contribution in [1.82, 2.24) is 5.32 Å². The standard InChI is InChI=1S/C43H59NO14/c1-22-26(55-37(51)32(48)30(24-15-11-9-12-16-24)44-38(52)58-39(3,4)5)20-43(53)35(56-36(50)25-17-13-10-14-18-25)33-41(8,34(49)31(47)29(22)40(43,6)7)27(46)19-28-42(33,21-54-28)57-23(2)45/h10,13-14,17-18,24,26-28,30-33,35,46-48,53H,9,11-12,15-16,19-21H2,1-8H3,(H,44,52)/t26-,27-,28+,30?,31+,32+,33?,35-,41+,42-,43+/m0/s1. The zero-order valence-corrected chi connectivity index (χ0v) is 34.6. The second-order valence-electron chi connectivity index (χ2n) is 18.6. The second-order valence-corrected chi connectivity index (χ2v) is 18.6. The Kier molecular flexibility index (Phi) is 11.8. The average molecular weight is 814 g/mol. The Morgan fingerprint density at radius 1 is 0.983 bits per heavy atom. The van der Waals surface area contributed by atoms with Crippen molar-refractivity contribution >= 4 is 29.8 Å². The van der Waals surface area contributed by atoms with Crippen molar-refractivity contribution in [3.63, 3.8) is 0 Å². The third-order valence-electron chi connectivity index (χ3n) is 13.6. The summed E-state index contributed by atoms with van der Waals surface area (Å²) < 4.78 is 29.7. The number of aliphatic hydroxyl groups is 4. The molecule has 4 fully saturated rings. The predicted octanol–water partition coefficient (Wildman–Crippen LogP) is 3.47. The van der Waals surface area contributed by atoms with Gasteiger partial charge in [0.15, 0.2) is 17.5 Å². The molecule has 1 saturated heterocycles. The largest absolute Gasteiger partial charge is 0.456 e. The van der Waals surface area contributed by atoms with E-state index in [2.05, 4.69) is 5.32 Å². The zero-order chi connectivity index (χ0) is 42.7. The van der Waals surface area contributed by atoms with Crippen LogP contribution in [0.2, 0.25) is 0 Å². The first-order valence-corrected chi connectivity index (χ1v) is 20.3. The molecule has 5 N–H and O–H groups in total. The SMILES string of the molecule is CC(=O)O[C@@]12CO[C@@H]1C[C@H](O)[C@@]1(C)C(=O)[C@H](O)C3=C(C)[C@@H](OC(=O)[C@H](O)C(NC(=O)OC(C)(C)C)C4CCCCC4)C[C@@](O)([C@@H](OC(=O)c4ccccc4)C12)C3(C)C. The van der Waals surface area contributed by atoms with Crippen LogP contribution in [-0.2, 0) is 38.1 Å². The Hall–Kier alpha value is -3.89. The van der Waals surface area contributed by atoms with Gasteiger partial charge in [0.1, 0.15) is 35.6 Å². The maximum Gasteiger partial charge on any atom is 0.407 e. The molecule has 0 spiro atoms. The Morgan fingerprint density at radius 2 is 1.62 bits per heavy atom. The molecule has 4 aliphatic carbocycles. The summed E-state index contributed by atoms with van der Waals surface area (Å²) in [6.07, 6.45) is -7.21. The van der Waals surface area contributed by atoms with Gasteiger partial charge < -0.3 is 49.4 Å². The number of benzene rings is 1. The van der Waals surface area contributed by atoms with Gasteiger partial charge >= 0.3 is 24.0 Å². The number of aliphatic hydroxyl groups excluding tert-OH is 3. The van der Waals surface area contributed by atoms with E-state index in [4.69, 9.17) is 23.7 Å². The molecular formula is C43H59NO14. The van der Waals surface area contributed by atoms with Crippen molar-refractivity contribution in [1.29, 1.82) is 0 Å². The number of ketones is 1. The van der Waals surface area contributed by atoms with Gasteiger partial charge in [0.25, 0.3) is 0 Å². The number of carbonyl (C=O) groups is 5. The maximum absolute atomic E-state index is 15.0. The van der Waals surface area contributed by atoms with E-state index in [1.807, 2.05) is 0 Å². The van der Waals surface area contributed by atoms with Crippen LogP contribution < -0.4 is 5.32 Å². The minimum absolute atomic E-state index is 0.0320. The molecular weight excluding hydrogens is 754 g/mol. The lowest BCUT2D eigenvalue weighted by Crippen LogP contribution is -2.81. The second kappa shape index (κ2) is 15.6. The van der Waals surface area contributed by atoms with Gasteiger partial charge in [-0.2, -0.15) is 0 Å². The number of nitrogens with one attached hydrogen (secondary N) is 1. The number of carbonyl (C=O) groups excluding carboxylic acids is 5. The van der Waals surface area contributed by atoms with Gasteiger partial charge in [0.05, 0.1) is 35.6 Å². The predicted molar refractivity (Wildman–Crippen MR) is 205 cm³/mol. The molecule has 6 rings (SSSR count). The van der Waals surface area contributed by atoms with E-state index in [9.17, 15) is 44.4 Å². The minimum Gasteiger partial charge on any atom is -0.456 e. The molecule has 2 bridgehead atoms. The molecule has 2 unspecified atom stereocenters. The molecule has 58 heavy (non-hydrogen) atoms. The Balaban J connectivity index is 1.47. The molecule has 3 saturated carbocycles. The van der Waals surface area contributed by atoms with Crippen LogP contribution in [0, 0.1) is 22.7 Å². The van der Waals surface area contributed by atoms with Crippen molar-refractivity contribution in [3.8, 4) is 0 Å². The molecule has 1 aromatic carbocycles. The van der Waals surface area contributed by atoms with Gasteiger partial charge in [0, 0.05) is 25.2 Å². The molecule has 5 aliphatic rings. The van der Waals surface area contributed by atoms with E-state index in [0.29, 0.717) is 12.8 Å². The van der Waals surface area contributed by atoms with E-state index >= 15 is 0 Å². The molecule has 1 aliphatic heterocycles. The fourth-order valence-corrected chi connectivity index (χ4v) is 10.5. The van der Waals surface area contributed by atoms with Crippen LogP contribution in [0.5, 0.6) is 0 Å². The number of esters is 3. The molecule has 15 nitrogen and oxygen atoms in total. The highest BCUT2D eigenvalue weighted by Crippen LogP contribution is 2.64. The maximum atomic E-state index is 15.0. The fraction of sp³-hybridized carbons (Fsp3) is 0.698. The van der Waals surface area contributed by atoms with Crippen LogP contribution in [0.15, 0.2) is 41.5 Å². The van der Waals surface area contributed by atoms with Crippen LogP contribution in [-0.4, -0.2) is 116 Å². The van der Waals surface area contributed by atoms with E-state index in [0.717, 1.165) is 19.3 Å². The van der Waals surface area contributed by atoms with Crippen LogP contribution in [0.4, 0.5) is 4.79 Å². The van der Waals surface area contributed by atoms with Gasteiger partial charge in [-0.1, -0.05) is 51.3 Å². The smallest absolute Gasteiger partial charge is 0.407 e. The molecule has 320 valence electrons.